The first-order valence-electron chi connectivity index (χ1n) is 5.67. The highest BCUT2D eigenvalue weighted by Crippen LogP contribution is 2.29. The average Bonchev–Trinajstić information content (AvgIpc) is 2.24. The molecule has 0 aromatic rings. The van der Waals surface area contributed by atoms with Gasteiger partial charge in [-0.25, -0.2) is 0 Å². The fourth-order valence-electron chi connectivity index (χ4n) is 1.80. The van der Waals surface area contributed by atoms with Crippen LogP contribution in [-0.4, -0.2) is 23.0 Å². The van der Waals surface area contributed by atoms with Crippen molar-refractivity contribution in [3.8, 4) is 0 Å². The van der Waals surface area contributed by atoms with E-state index in [0.717, 1.165) is 12.8 Å². The van der Waals surface area contributed by atoms with Crippen LogP contribution in [0.1, 0.15) is 44.9 Å². The minimum absolute atomic E-state index is 0.251. The van der Waals surface area contributed by atoms with Crippen molar-refractivity contribution in [3.05, 3.63) is 0 Å². The Morgan fingerprint density at radius 2 is 1.81 bits per heavy atom. The van der Waals surface area contributed by atoms with Crippen molar-refractivity contribution in [2.45, 2.75) is 56.4 Å². The maximum Gasteiger partial charge on any atom is 0.389 e. The van der Waals surface area contributed by atoms with Gasteiger partial charge < -0.3 is 0 Å². The van der Waals surface area contributed by atoms with Crippen molar-refractivity contribution in [1.29, 1.82) is 0 Å². The molecule has 1 aliphatic rings. The molecule has 0 N–H and O–H groups in total. The Morgan fingerprint density at radius 1 is 1.19 bits per heavy atom. The lowest BCUT2D eigenvalue weighted by Gasteiger charge is -2.20. The summed E-state index contributed by atoms with van der Waals surface area (Å²) in [7, 11) is 0. The first kappa shape index (κ1) is 13.9. The number of Topliss-reactive ketones (excluding diaryl/α,β-unsaturated/α-hetero) is 1. The highest BCUT2D eigenvalue weighted by Gasteiger charge is 2.28. The molecule has 0 bridgehead atoms. The number of hydrogen-bond acceptors (Lipinski definition) is 2. The summed E-state index contributed by atoms with van der Waals surface area (Å²) >= 11 is 1.54. The fourth-order valence-corrected chi connectivity index (χ4v) is 3.03. The van der Waals surface area contributed by atoms with Gasteiger partial charge in [0.1, 0.15) is 5.78 Å². The molecule has 1 nitrogen and oxygen atoms in total. The Bertz CT molecular complexity index is 222. The molecule has 5 heteroatoms. The summed E-state index contributed by atoms with van der Waals surface area (Å²) in [6, 6.07) is 0. The van der Waals surface area contributed by atoms with Crippen molar-refractivity contribution < 1.29 is 18.0 Å². The van der Waals surface area contributed by atoms with Crippen LogP contribution in [0.5, 0.6) is 0 Å². The van der Waals surface area contributed by atoms with E-state index in [1.54, 1.807) is 0 Å². The smallest absolute Gasteiger partial charge is 0.299 e. The normalized spacial score (nSPS) is 18.7. The highest BCUT2D eigenvalue weighted by molar-refractivity contribution is 8.00. The summed E-state index contributed by atoms with van der Waals surface area (Å²) in [5, 5.41) is 0.489. The van der Waals surface area contributed by atoms with E-state index in [1.807, 2.05) is 0 Å². The van der Waals surface area contributed by atoms with E-state index in [-0.39, 0.29) is 18.0 Å². The van der Waals surface area contributed by atoms with Gasteiger partial charge in [-0.1, -0.05) is 19.3 Å². The van der Waals surface area contributed by atoms with Crippen LogP contribution < -0.4 is 0 Å². The lowest BCUT2D eigenvalue weighted by atomic mass is 10.0. The number of ketones is 1. The molecule has 0 radical (unpaired) electrons. The van der Waals surface area contributed by atoms with Crippen molar-refractivity contribution in [3.63, 3.8) is 0 Å². The van der Waals surface area contributed by atoms with Gasteiger partial charge >= 0.3 is 6.18 Å². The van der Waals surface area contributed by atoms with Crippen LogP contribution in [0.25, 0.3) is 0 Å². The number of thioether (sulfide) groups is 1. The zero-order valence-corrected chi connectivity index (χ0v) is 10.0. The Balaban J connectivity index is 2.09. The van der Waals surface area contributed by atoms with Crippen molar-refractivity contribution in [2.24, 2.45) is 0 Å². The van der Waals surface area contributed by atoms with Crippen LogP contribution in [0.3, 0.4) is 0 Å². The summed E-state index contributed by atoms with van der Waals surface area (Å²) in [4.78, 5) is 11.2. The lowest BCUT2D eigenvalue weighted by molar-refractivity contribution is -0.142. The predicted octanol–water partition coefficient (Wildman–Crippen LogP) is 3.96. The van der Waals surface area contributed by atoms with E-state index in [1.165, 1.54) is 31.0 Å². The molecule has 0 aromatic carbocycles. The van der Waals surface area contributed by atoms with E-state index >= 15 is 0 Å². The van der Waals surface area contributed by atoms with Gasteiger partial charge in [0.05, 0.1) is 12.2 Å². The van der Waals surface area contributed by atoms with Crippen LogP contribution in [-0.2, 0) is 4.79 Å². The Morgan fingerprint density at radius 3 is 2.38 bits per heavy atom. The molecular formula is C11H17F3OS. The first-order valence-corrected chi connectivity index (χ1v) is 6.72. The zero-order chi connectivity index (χ0) is 12.0. The molecule has 0 aromatic heterocycles. The van der Waals surface area contributed by atoms with Crippen LogP contribution in [0, 0.1) is 0 Å². The number of hydrogen-bond donors (Lipinski definition) is 0. The molecule has 0 atom stereocenters. The first-order chi connectivity index (χ1) is 7.47. The van der Waals surface area contributed by atoms with Gasteiger partial charge in [-0.2, -0.15) is 24.9 Å². The second-order valence-electron chi connectivity index (χ2n) is 4.22. The number of rotatable bonds is 5. The summed E-state index contributed by atoms with van der Waals surface area (Å²) < 4.78 is 35.6. The largest absolute Gasteiger partial charge is 0.389 e. The molecule has 0 amide bonds. The molecule has 0 spiro atoms. The van der Waals surface area contributed by atoms with Crippen LogP contribution in [0.15, 0.2) is 0 Å². The van der Waals surface area contributed by atoms with Gasteiger partial charge in [-0.15, -0.1) is 0 Å². The second-order valence-corrected chi connectivity index (χ2v) is 5.51. The van der Waals surface area contributed by atoms with Crippen molar-refractivity contribution in [1.82, 2.24) is 0 Å². The Hall–Kier alpha value is -0.190. The van der Waals surface area contributed by atoms with Gasteiger partial charge in [0.2, 0.25) is 0 Å². The van der Waals surface area contributed by atoms with Gasteiger partial charge in [0.15, 0.2) is 0 Å². The summed E-state index contributed by atoms with van der Waals surface area (Å²) in [6.07, 6.45) is 0.307. The molecule has 0 unspecified atom stereocenters. The minimum atomic E-state index is -4.20. The fraction of sp³-hybridized carbons (Fsp3) is 0.909. The quantitative estimate of drug-likeness (QED) is 0.738. The third kappa shape index (κ3) is 6.40. The van der Waals surface area contributed by atoms with Crippen LogP contribution in [0.2, 0.25) is 0 Å². The van der Waals surface area contributed by atoms with E-state index in [2.05, 4.69) is 0 Å². The van der Waals surface area contributed by atoms with Gasteiger partial charge in [0, 0.05) is 11.7 Å². The molecule has 1 saturated carbocycles. The molecule has 1 rings (SSSR count). The molecule has 0 saturated heterocycles. The third-order valence-corrected chi connectivity index (χ3v) is 4.15. The van der Waals surface area contributed by atoms with Gasteiger partial charge in [-0.3, -0.25) is 4.79 Å². The number of alkyl halides is 3. The van der Waals surface area contributed by atoms with Crippen LogP contribution in [0.4, 0.5) is 13.2 Å². The van der Waals surface area contributed by atoms with E-state index in [4.69, 9.17) is 0 Å². The van der Waals surface area contributed by atoms with E-state index in [0.29, 0.717) is 5.25 Å². The van der Waals surface area contributed by atoms with Crippen molar-refractivity contribution in [2.75, 3.05) is 5.75 Å². The maximum absolute atomic E-state index is 11.9. The second kappa shape index (κ2) is 6.52. The number of carbonyl (C=O) groups is 1. The van der Waals surface area contributed by atoms with E-state index in [9.17, 15) is 18.0 Å². The molecule has 1 fully saturated rings. The van der Waals surface area contributed by atoms with Gasteiger partial charge in [0.25, 0.3) is 0 Å². The molecule has 0 heterocycles. The molecule has 94 valence electrons. The van der Waals surface area contributed by atoms with E-state index < -0.39 is 12.6 Å². The number of halogens is 3. The topological polar surface area (TPSA) is 17.1 Å². The summed E-state index contributed by atoms with van der Waals surface area (Å²) in [6.45, 7) is 0. The summed E-state index contributed by atoms with van der Waals surface area (Å²) in [5.41, 5.74) is 0. The maximum atomic E-state index is 11.9. The lowest BCUT2D eigenvalue weighted by Crippen LogP contribution is -2.15. The Kier molecular flexibility index (Phi) is 5.66. The summed E-state index contributed by atoms with van der Waals surface area (Å²) in [5.74, 6) is -0.0197. The van der Waals surface area contributed by atoms with Crippen molar-refractivity contribution >= 4 is 17.5 Å². The Labute approximate surface area is 98.2 Å². The molecule has 0 aliphatic heterocycles. The van der Waals surface area contributed by atoms with Gasteiger partial charge in [-0.05, 0) is 12.8 Å². The molecular weight excluding hydrogens is 237 g/mol. The highest BCUT2D eigenvalue weighted by atomic mass is 32.2. The zero-order valence-electron chi connectivity index (χ0n) is 9.18. The average molecular weight is 254 g/mol. The third-order valence-electron chi connectivity index (χ3n) is 2.72. The number of carbonyl (C=O) groups excluding carboxylic acids is 1. The monoisotopic (exact) mass is 254 g/mol. The molecule has 16 heavy (non-hydrogen) atoms. The standard InChI is InChI=1S/C11H17F3OS/c12-11(13,14)7-6-9(15)8-16-10-4-2-1-3-5-10/h10H,1-8H2. The predicted molar refractivity (Wildman–Crippen MR) is 59.6 cm³/mol. The van der Waals surface area contributed by atoms with Crippen LogP contribution >= 0.6 is 11.8 Å². The minimum Gasteiger partial charge on any atom is -0.299 e. The SMILES string of the molecule is O=C(CCC(F)(F)F)CSC1CCCCC1. The molecule has 1 aliphatic carbocycles.